The molecule has 1 aromatic carbocycles. The number of hydrogen-bond donors (Lipinski definition) is 2. The van der Waals surface area contributed by atoms with Gasteiger partial charge in [0.05, 0.1) is 11.3 Å². The van der Waals surface area contributed by atoms with Crippen molar-refractivity contribution in [3.63, 3.8) is 0 Å². The van der Waals surface area contributed by atoms with Crippen molar-refractivity contribution < 1.29 is 9.18 Å². The van der Waals surface area contributed by atoms with E-state index >= 15 is 0 Å². The smallest absolute Gasteiger partial charge is 0.256 e. The van der Waals surface area contributed by atoms with Gasteiger partial charge in [-0.3, -0.25) is 10.6 Å². The Hall–Kier alpha value is -1.66. The van der Waals surface area contributed by atoms with Gasteiger partial charge in [0, 0.05) is 25.7 Å². The largest absolute Gasteiger partial charge is 0.333 e. The Morgan fingerprint density at radius 2 is 2.21 bits per heavy atom. The van der Waals surface area contributed by atoms with Crippen LogP contribution in [0.1, 0.15) is 17.3 Å². The maximum Gasteiger partial charge on any atom is 0.256 e. The number of rotatable bonds is 2. The molecular weight excluding hydrogens is 247 g/mol. The van der Waals surface area contributed by atoms with E-state index in [1.165, 1.54) is 12.1 Å². The number of carbonyl (C=O) groups excluding carboxylic acids is 1. The Bertz CT molecular complexity index is 480. The fourth-order valence-corrected chi connectivity index (χ4v) is 2.45. The van der Waals surface area contributed by atoms with E-state index in [1.54, 1.807) is 11.0 Å². The zero-order chi connectivity index (χ0) is 14.0. The Morgan fingerprint density at radius 3 is 2.84 bits per heavy atom. The number of anilines is 1. The van der Waals surface area contributed by atoms with Crippen LogP contribution in [0.3, 0.4) is 0 Å². The highest BCUT2D eigenvalue weighted by Crippen LogP contribution is 2.22. The number of nitrogen functional groups attached to an aromatic ring is 1. The van der Waals surface area contributed by atoms with Gasteiger partial charge in [0.2, 0.25) is 0 Å². The number of hydrogen-bond acceptors (Lipinski definition) is 4. The number of piperazine rings is 1. The monoisotopic (exact) mass is 266 g/mol. The first kappa shape index (κ1) is 13.8. The first-order chi connectivity index (χ1) is 9.04. The van der Waals surface area contributed by atoms with Crippen molar-refractivity contribution in [2.75, 3.05) is 32.1 Å². The average Bonchev–Trinajstić information content (AvgIpc) is 2.37. The lowest BCUT2D eigenvalue weighted by atomic mass is 10.1. The van der Waals surface area contributed by atoms with Crippen LogP contribution in [-0.2, 0) is 0 Å². The summed E-state index contributed by atoms with van der Waals surface area (Å²) in [5, 5.41) is 0. The topological polar surface area (TPSA) is 61.6 Å². The fraction of sp³-hybridized carbons (Fsp3) is 0.462. The van der Waals surface area contributed by atoms with Crippen LogP contribution in [0.4, 0.5) is 10.1 Å². The molecule has 1 aliphatic rings. The SMILES string of the molecule is CC1CN(C)CCN1C(=O)c1cccc(F)c1NN. The van der Waals surface area contributed by atoms with Crippen LogP contribution in [0.15, 0.2) is 18.2 Å². The quantitative estimate of drug-likeness (QED) is 0.616. The molecule has 6 heteroatoms. The molecule has 1 atom stereocenters. The third kappa shape index (κ3) is 2.69. The number of para-hydroxylation sites is 1. The van der Waals surface area contributed by atoms with E-state index in [0.29, 0.717) is 6.54 Å². The van der Waals surface area contributed by atoms with Crippen molar-refractivity contribution in [1.82, 2.24) is 9.80 Å². The fourth-order valence-electron chi connectivity index (χ4n) is 2.45. The molecule has 1 aromatic rings. The lowest BCUT2D eigenvalue weighted by Gasteiger charge is -2.38. The van der Waals surface area contributed by atoms with Gasteiger partial charge in [-0.05, 0) is 26.1 Å². The van der Waals surface area contributed by atoms with Crippen LogP contribution in [0.2, 0.25) is 0 Å². The van der Waals surface area contributed by atoms with E-state index in [0.717, 1.165) is 13.1 Å². The second-order valence-corrected chi connectivity index (χ2v) is 4.92. The number of nitrogens with zero attached hydrogens (tertiary/aromatic N) is 2. The highest BCUT2D eigenvalue weighted by atomic mass is 19.1. The molecule has 19 heavy (non-hydrogen) atoms. The van der Waals surface area contributed by atoms with Gasteiger partial charge >= 0.3 is 0 Å². The number of nitrogens with one attached hydrogen (secondary N) is 1. The zero-order valence-corrected chi connectivity index (χ0v) is 11.2. The van der Waals surface area contributed by atoms with Gasteiger partial charge in [0.15, 0.2) is 0 Å². The summed E-state index contributed by atoms with van der Waals surface area (Å²) in [4.78, 5) is 16.4. The second-order valence-electron chi connectivity index (χ2n) is 4.92. The van der Waals surface area contributed by atoms with E-state index in [1.807, 2.05) is 14.0 Å². The number of carbonyl (C=O) groups is 1. The Morgan fingerprint density at radius 1 is 1.47 bits per heavy atom. The normalized spacial score (nSPS) is 20.4. The zero-order valence-electron chi connectivity index (χ0n) is 11.2. The van der Waals surface area contributed by atoms with Gasteiger partial charge in [-0.2, -0.15) is 0 Å². The van der Waals surface area contributed by atoms with Gasteiger partial charge in [-0.25, -0.2) is 4.39 Å². The summed E-state index contributed by atoms with van der Waals surface area (Å²) in [6.45, 7) is 4.25. The average molecular weight is 266 g/mol. The summed E-state index contributed by atoms with van der Waals surface area (Å²) in [5.41, 5.74) is 2.61. The number of benzene rings is 1. The summed E-state index contributed by atoms with van der Waals surface area (Å²) in [5.74, 6) is 4.60. The van der Waals surface area contributed by atoms with Crippen molar-refractivity contribution in [2.24, 2.45) is 5.84 Å². The van der Waals surface area contributed by atoms with Gasteiger partial charge in [-0.1, -0.05) is 6.07 Å². The molecule has 1 fully saturated rings. The lowest BCUT2D eigenvalue weighted by Crippen LogP contribution is -2.52. The first-order valence-electron chi connectivity index (χ1n) is 6.29. The van der Waals surface area contributed by atoms with Crippen LogP contribution in [0.5, 0.6) is 0 Å². The van der Waals surface area contributed by atoms with Crippen LogP contribution in [0, 0.1) is 5.82 Å². The van der Waals surface area contributed by atoms with Crippen molar-refractivity contribution in [3.05, 3.63) is 29.6 Å². The first-order valence-corrected chi connectivity index (χ1v) is 6.29. The van der Waals surface area contributed by atoms with Crippen molar-refractivity contribution >= 4 is 11.6 Å². The second kappa shape index (κ2) is 5.54. The summed E-state index contributed by atoms with van der Waals surface area (Å²) in [7, 11) is 2.02. The van der Waals surface area contributed by atoms with E-state index in [4.69, 9.17) is 5.84 Å². The Labute approximate surface area is 112 Å². The number of hydrazine groups is 1. The molecule has 1 amide bonds. The molecule has 2 rings (SSSR count). The Kier molecular flexibility index (Phi) is 4.01. The van der Waals surface area contributed by atoms with Crippen LogP contribution < -0.4 is 11.3 Å². The summed E-state index contributed by atoms with van der Waals surface area (Å²) in [6.07, 6.45) is 0. The molecule has 3 N–H and O–H groups in total. The predicted octanol–water partition coefficient (Wildman–Crippen LogP) is 0.887. The van der Waals surface area contributed by atoms with Crippen LogP contribution in [-0.4, -0.2) is 48.4 Å². The molecule has 1 unspecified atom stereocenters. The lowest BCUT2D eigenvalue weighted by molar-refractivity contribution is 0.0534. The van der Waals surface area contributed by atoms with E-state index in [9.17, 15) is 9.18 Å². The van der Waals surface area contributed by atoms with Crippen molar-refractivity contribution in [3.8, 4) is 0 Å². The highest BCUT2D eigenvalue weighted by molar-refractivity contribution is 5.99. The Balaban J connectivity index is 2.27. The maximum atomic E-state index is 13.6. The molecule has 104 valence electrons. The summed E-state index contributed by atoms with van der Waals surface area (Å²) >= 11 is 0. The molecular formula is C13H19FN4O. The van der Waals surface area contributed by atoms with Gasteiger partial charge < -0.3 is 15.2 Å². The molecule has 0 saturated carbocycles. The van der Waals surface area contributed by atoms with Crippen LogP contribution >= 0.6 is 0 Å². The molecule has 0 radical (unpaired) electrons. The molecule has 0 bridgehead atoms. The molecule has 1 aliphatic heterocycles. The van der Waals surface area contributed by atoms with Crippen LogP contribution in [0.25, 0.3) is 0 Å². The molecule has 0 aliphatic carbocycles. The van der Waals surface area contributed by atoms with Gasteiger partial charge in [0.1, 0.15) is 5.82 Å². The minimum absolute atomic E-state index is 0.0543. The molecule has 1 saturated heterocycles. The van der Waals surface area contributed by atoms with E-state index < -0.39 is 5.82 Å². The molecule has 5 nitrogen and oxygen atoms in total. The predicted molar refractivity (Wildman–Crippen MR) is 72.2 cm³/mol. The minimum Gasteiger partial charge on any atom is -0.333 e. The summed E-state index contributed by atoms with van der Waals surface area (Å²) < 4.78 is 13.6. The number of halogens is 1. The van der Waals surface area contributed by atoms with Crippen molar-refractivity contribution in [2.45, 2.75) is 13.0 Å². The maximum absolute atomic E-state index is 13.6. The van der Waals surface area contributed by atoms with Crippen molar-refractivity contribution in [1.29, 1.82) is 0 Å². The standard InChI is InChI=1S/C13H19FN4O/c1-9-8-17(2)6-7-18(9)13(19)10-4-3-5-11(14)12(10)16-15/h3-5,9,16H,6-8,15H2,1-2H3. The van der Waals surface area contributed by atoms with E-state index in [2.05, 4.69) is 10.3 Å². The number of likely N-dealkylation sites (N-methyl/N-ethyl adjacent to an activating group) is 1. The highest BCUT2D eigenvalue weighted by Gasteiger charge is 2.28. The molecule has 1 heterocycles. The number of amides is 1. The number of nitrogens with two attached hydrogens (primary N) is 1. The third-order valence-electron chi connectivity index (χ3n) is 3.48. The minimum atomic E-state index is -0.518. The van der Waals surface area contributed by atoms with E-state index in [-0.39, 0.29) is 23.2 Å². The summed E-state index contributed by atoms with van der Waals surface area (Å²) in [6, 6.07) is 4.48. The third-order valence-corrected chi connectivity index (χ3v) is 3.48. The van der Waals surface area contributed by atoms with Gasteiger partial charge in [-0.15, -0.1) is 0 Å². The molecule has 0 aromatic heterocycles. The molecule has 0 spiro atoms. The van der Waals surface area contributed by atoms with Gasteiger partial charge in [0.25, 0.3) is 5.91 Å².